The van der Waals surface area contributed by atoms with Gasteiger partial charge < -0.3 is 10.3 Å². The van der Waals surface area contributed by atoms with Crippen molar-refractivity contribution in [3.8, 4) is 0 Å². The van der Waals surface area contributed by atoms with Gasteiger partial charge in [0.1, 0.15) is 0 Å². The van der Waals surface area contributed by atoms with Crippen molar-refractivity contribution in [3.63, 3.8) is 0 Å². The third kappa shape index (κ3) is 2.00. The van der Waals surface area contributed by atoms with Crippen LogP contribution >= 0.6 is 11.5 Å². The maximum Gasteiger partial charge on any atom is 0.0671 e. The minimum Gasteiger partial charge on any atom is -0.349 e. The second-order valence-corrected chi connectivity index (χ2v) is 4.16. The van der Waals surface area contributed by atoms with Crippen LogP contribution in [0.4, 0.5) is 0 Å². The molecule has 0 fully saturated rings. The molecule has 1 atom stereocenters. The van der Waals surface area contributed by atoms with Crippen molar-refractivity contribution in [3.05, 3.63) is 35.1 Å². The van der Waals surface area contributed by atoms with Gasteiger partial charge in [-0.25, -0.2) is 0 Å². The first-order valence-corrected chi connectivity index (χ1v) is 5.20. The van der Waals surface area contributed by atoms with Gasteiger partial charge in [0.05, 0.1) is 17.6 Å². The van der Waals surface area contributed by atoms with Crippen molar-refractivity contribution in [2.75, 3.05) is 0 Å². The molecule has 0 amide bonds. The van der Waals surface area contributed by atoms with Crippen LogP contribution < -0.4 is 5.73 Å². The summed E-state index contributed by atoms with van der Waals surface area (Å²) >= 11 is 1.42. The average molecular weight is 208 g/mol. The van der Waals surface area contributed by atoms with E-state index in [4.69, 9.17) is 5.73 Å². The van der Waals surface area contributed by atoms with Crippen LogP contribution in [0, 0.1) is 0 Å². The van der Waals surface area contributed by atoms with Crippen LogP contribution in [0.5, 0.6) is 0 Å². The van der Waals surface area contributed by atoms with E-state index in [1.54, 1.807) is 6.20 Å². The molecular weight excluding hydrogens is 196 g/mol. The van der Waals surface area contributed by atoms with Crippen LogP contribution in [0.1, 0.15) is 23.4 Å². The molecule has 2 aromatic rings. The van der Waals surface area contributed by atoms with E-state index >= 15 is 0 Å². The normalized spacial score (nSPS) is 13.0. The van der Waals surface area contributed by atoms with Gasteiger partial charge in [0.25, 0.3) is 0 Å². The Labute approximate surface area is 86.5 Å². The van der Waals surface area contributed by atoms with Gasteiger partial charge in [-0.05, 0) is 30.1 Å². The largest absolute Gasteiger partial charge is 0.349 e. The molecule has 0 aliphatic rings. The highest BCUT2D eigenvalue weighted by Crippen LogP contribution is 2.12. The fraction of sp³-hybridized carbons (Fsp3) is 0.333. The van der Waals surface area contributed by atoms with Crippen LogP contribution in [0.25, 0.3) is 0 Å². The molecule has 2 rings (SSSR count). The summed E-state index contributed by atoms with van der Waals surface area (Å²) in [6.07, 6.45) is 5.87. The smallest absolute Gasteiger partial charge is 0.0671 e. The zero-order chi connectivity index (χ0) is 9.97. The molecule has 0 aromatic carbocycles. The van der Waals surface area contributed by atoms with E-state index in [-0.39, 0.29) is 6.04 Å². The van der Waals surface area contributed by atoms with Gasteiger partial charge in [0, 0.05) is 18.4 Å². The van der Waals surface area contributed by atoms with Crippen LogP contribution in [0.15, 0.2) is 24.7 Å². The minimum absolute atomic E-state index is 0.0934. The predicted molar refractivity (Wildman–Crippen MR) is 56.0 cm³/mol. The molecular formula is C9H12N4S. The highest BCUT2D eigenvalue weighted by atomic mass is 32.1. The van der Waals surface area contributed by atoms with E-state index in [0.717, 1.165) is 17.0 Å². The Morgan fingerprint density at radius 2 is 2.50 bits per heavy atom. The van der Waals surface area contributed by atoms with Gasteiger partial charge in [0.15, 0.2) is 0 Å². The van der Waals surface area contributed by atoms with Crippen molar-refractivity contribution in [2.45, 2.75) is 19.5 Å². The molecule has 14 heavy (non-hydrogen) atoms. The Morgan fingerprint density at radius 3 is 3.07 bits per heavy atom. The number of nitrogens with zero attached hydrogens (tertiary/aromatic N) is 3. The number of hydrogen-bond acceptors (Lipinski definition) is 4. The monoisotopic (exact) mass is 208 g/mol. The van der Waals surface area contributed by atoms with E-state index in [1.165, 1.54) is 11.5 Å². The highest BCUT2D eigenvalue weighted by Gasteiger charge is 2.02. The summed E-state index contributed by atoms with van der Waals surface area (Å²) in [5.41, 5.74) is 6.92. The molecule has 5 heteroatoms. The second kappa shape index (κ2) is 3.89. The van der Waals surface area contributed by atoms with E-state index < -0.39 is 0 Å². The van der Waals surface area contributed by atoms with E-state index in [0.29, 0.717) is 0 Å². The Kier molecular flexibility index (Phi) is 2.60. The SMILES string of the molecule is CC(N)c1ccn(Cc2cnns2)c1. The Bertz CT molecular complexity index is 391. The van der Waals surface area contributed by atoms with Gasteiger partial charge in [-0.1, -0.05) is 4.49 Å². The second-order valence-electron chi connectivity index (χ2n) is 3.29. The first-order chi connectivity index (χ1) is 6.75. The zero-order valence-corrected chi connectivity index (χ0v) is 8.74. The molecule has 0 spiro atoms. The summed E-state index contributed by atoms with van der Waals surface area (Å²) in [6.45, 7) is 2.80. The summed E-state index contributed by atoms with van der Waals surface area (Å²) < 4.78 is 5.91. The summed E-state index contributed by atoms with van der Waals surface area (Å²) in [6, 6.07) is 2.13. The maximum atomic E-state index is 5.77. The lowest BCUT2D eigenvalue weighted by atomic mass is 10.2. The molecule has 0 bridgehead atoms. The van der Waals surface area contributed by atoms with E-state index in [9.17, 15) is 0 Å². The van der Waals surface area contributed by atoms with Gasteiger partial charge in [-0.15, -0.1) is 5.10 Å². The lowest BCUT2D eigenvalue weighted by Crippen LogP contribution is -2.03. The van der Waals surface area contributed by atoms with Crippen molar-refractivity contribution in [2.24, 2.45) is 5.73 Å². The van der Waals surface area contributed by atoms with Gasteiger partial charge >= 0.3 is 0 Å². The number of aromatic nitrogens is 3. The van der Waals surface area contributed by atoms with E-state index in [2.05, 4.69) is 20.4 Å². The quantitative estimate of drug-likeness (QED) is 0.829. The lowest BCUT2D eigenvalue weighted by Gasteiger charge is -2.00. The van der Waals surface area contributed by atoms with Crippen LogP contribution in [-0.2, 0) is 6.54 Å². The van der Waals surface area contributed by atoms with Crippen molar-refractivity contribution >= 4 is 11.5 Å². The molecule has 4 nitrogen and oxygen atoms in total. The number of hydrogen-bond donors (Lipinski definition) is 1. The predicted octanol–water partition coefficient (Wildman–Crippen LogP) is 1.41. The topological polar surface area (TPSA) is 56.7 Å². The first-order valence-electron chi connectivity index (χ1n) is 4.43. The van der Waals surface area contributed by atoms with Crippen molar-refractivity contribution < 1.29 is 0 Å². The molecule has 0 aliphatic heterocycles. The summed E-state index contributed by atoms with van der Waals surface area (Å²) in [5.74, 6) is 0. The molecule has 2 heterocycles. The Hall–Kier alpha value is -1.20. The summed E-state index contributed by atoms with van der Waals surface area (Å²) in [7, 11) is 0. The molecule has 1 unspecified atom stereocenters. The van der Waals surface area contributed by atoms with Crippen LogP contribution in [-0.4, -0.2) is 14.2 Å². The molecule has 0 saturated heterocycles. The number of nitrogens with two attached hydrogens (primary N) is 1. The lowest BCUT2D eigenvalue weighted by molar-refractivity contribution is 0.783. The fourth-order valence-electron chi connectivity index (χ4n) is 1.26. The third-order valence-corrected chi connectivity index (χ3v) is 2.69. The first kappa shape index (κ1) is 9.36. The van der Waals surface area contributed by atoms with Crippen LogP contribution in [0.3, 0.4) is 0 Å². The molecule has 74 valence electrons. The molecule has 2 N–H and O–H groups in total. The molecule has 0 saturated carbocycles. The van der Waals surface area contributed by atoms with Gasteiger partial charge in [0.2, 0.25) is 0 Å². The Balaban J connectivity index is 2.11. The summed E-state index contributed by atoms with van der Waals surface area (Å²) in [5, 5.41) is 3.79. The fourth-order valence-corrected chi connectivity index (χ4v) is 1.76. The molecule has 0 aliphatic carbocycles. The van der Waals surface area contributed by atoms with Crippen molar-refractivity contribution in [1.82, 2.24) is 14.2 Å². The minimum atomic E-state index is 0.0934. The highest BCUT2D eigenvalue weighted by molar-refractivity contribution is 7.05. The maximum absolute atomic E-state index is 5.77. The average Bonchev–Trinajstić information content (AvgIpc) is 2.75. The summed E-state index contributed by atoms with van der Waals surface area (Å²) in [4.78, 5) is 1.15. The Morgan fingerprint density at radius 1 is 1.64 bits per heavy atom. The van der Waals surface area contributed by atoms with Gasteiger partial charge in [-0.2, -0.15) is 0 Å². The zero-order valence-electron chi connectivity index (χ0n) is 7.92. The van der Waals surface area contributed by atoms with Crippen LogP contribution in [0.2, 0.25) is 0 Å². The van der Waals surface area contributed by atoms with Crippen molar-refractivity contribution in [1.29, 1.82) is 0 Å². The number of rotatable bonds is 3. The molecule has 0 radical (unpaired) electrons. The molecule has 2 aromatic heterocycles. The third-order valence-electron chi connectivity index (χ3n) is 2.04. The van der Waals surface area contributed by atoms with E-state index in [1.807, 2.05) is 19.2 Å². The van der Waals surface area contributed by atoms with Gasteiger partial charge in [-0.3, -0.25) is 0 Å². The standard InChI is InChI=1S/C9H12N4S/c1-7(10)8-2-3-13(5-8)6-9-4-11-12-14-9/h2-5,7H,6,10H2,1H3.